The van der Waals surface area contributed by atoms with E-state index in [-0.39, 0.29) is 11.0 Å². The topological polar surface area (TPSA) is 84.5 Å². The van der Waals surface area contributed by atoms with Crippen molar-refractivity contribution < 1.29 is 17.9 Å². The van der Waals surface area contributed by atoms with Crippen LogP contribution in [0, 0.1) is 0 Å². The summed E-state index contributed by atoms with van der Waals surface area (Å²) in [5, 5.41) is 2.50. The molecular weight excluding hydrogens is 372 g/mol. The largest absolute Gasteiger partial charge is 0.447 e. The first-order valence-electron chi connectivity index (χ1n) is 6.72. The third kappa shape index (κ3) is 5.94. The third-order valence-electron chi connectivity index (χ3n) is 2.25. The number of rotatable bonds is 4. The first kappa shape index (κ1) is 18.9. The Balaban J connectivity index is 3.07. The van der Waals surface area contributed by atoms with Gasteiger partial charge in [-0.1, -0.05) is 0 Å². The molecule has 0 unspecified atom stereocenters. The second-order valence-corrected chi connectivity index (χ2v) is 8.58. The van der Waals surface area contributed by atoms with Crippen LogP contribution in [0.2, 0.25) is 0 Å². The van der Waals surface area contributed by atoms with Gasteiger partial charge in [-0.2, -0.15) is 0 Å². The van der Waals surface area contributed by atoms with Crippen molar-refractivity contribution in [2.75, 3.05) is 5.32 Å². The predicted molar refractivity (Wildman–Crippen MR) is 89.5 cm³/mol. The molecule has 124 valence electrons. The number of anilines is 1. The summed E-state index contributed by atoms with van der Waals surface area (Å²) in [5.74, 6) is 0. The first-order chi connectivity index (χ1) is 9.90. The Kier molecular flexibility index (Phi) is 6.00. The SMILES string of the molecule is CC(C)OC(=O)Nc1ccc(Br)c(S(=O)(=O)NC(C)(C)C)c1. The Morgan fingerprint density at radius 3 is 2.36 bits per heavy atom. The molecule has 1 amide bonds. The van der Waals surface area contributed by atoms with E-state index in [0.717, 1.165) is 0 Å². The van der Waals surface area contributed by atoms with Crippen LogP contribution in [-0.4, -0.2) is 26.2 Å². The Morgan fingerprint density at radius 1 is 1.27 bits per heavy atom. The van der Waals surface area contributed by atoms with Gasteiger partial charge in [0.05, 0.1) is 11.0 Å². The molecule has 0 spiro atoms. The lowest BCUT2D eigenvalue weighted by Gasteiger charge is -2.21. The number of hydrogen-bond donors (Lipinski definition) is 2. The summed E-state index contributed by atoms with van der Waals surface area (Å²) in [6, 6.07) is 4.52. The van der Waals surface area contributed by atoms with Crippen molar-refractivity contribution >= 4 is 37.7 Å². The van der Waals surface area contributed by atoms with Crippen molar-refractivity contribution in [3.05, 3.63) is 22.7 Å². The molecule has 8 heteroatoms. The standard InChI is InChI=1S/C14H21BrN2O4S/c1-9(2)21-13(18)16-10-6-7-11(15)12(8-10)22(19,20)17-14(3,4)5/h6-9,17H,1-5H3,(H,16,18). The maximum absolute atomic E-state index is 12.4. The maximum atomic E-state index is 12.4. The second-order valence-electron chi connectivity index (χ2n) is 6.08. The summed E-state index contributed by atoms with van der Waals surface area (Å²) < 4.78 is 32.7. The summed E-state index contributed by atoms with van der Waals surface area (Å²) in [6.07, 6.45) is -0.898. The Labute approximate surface area is 139 Å². The number of amides is 1. The molecule has 0 bridgehead atoms. The molecule has 6 nitrogen and oxygen atoms in total. The van der Waals surface area contributed by atoms with Gasteiger partial charge in [-0.3, -0.25) is 5.32 Å². The number of benzene rings is 1. The molecular formula is C14H21BrN2O4S. The van der Waals surface area contributed by atoms with Crippen LogP contribution in [0.15, 0.2) is 27.6 Å². The number of sulfonamides is 1. The molecule has 1 aromatic rings. The van der Waals surface area contributed by atoms with Crippen LogP contribution >= 0.6 is 15.9 Å². The quantitative estimate of drug-likeness (QED) is 0.820. The zero-order valence-corrected chi connectivity index (χ0v) is 15.6. The highest BCUT2D eigenvalue weighted by Crippen LogP contribution is 2.26. The number of carbonyl (C=O) groups excluding carboxylic acids is 1. The molecule has 0 aliphatic carbocycles. The Bertz CT molecular complexity index is 651. The fourth-order valence-electron chi connectivity index (χ4n) is 1.61. The smallest absolute Gasteiger partial charge is 0.411 e. The lowest BCUT2D eigenvalue weighted by Crippen LogP contribution is -2.40. The van der Waals surface area contributed by atoms with Gasteiger partial charge >= 0.3 is 6.09 Å². The molecule has 0 fully saturated rings. The minimum atomic E-state index is -3.72. The number of carbonyl (C=O) groups is 1. The fourth-order valence-corrected chi connectivity index (χ4v) is 4.02. The second kappa shape index (κ2) is 6.97. The monoisotopic (exact) mass is 392 g/mol. The highest BCUT2D eigenvalue weighted by atomic mass is 79.9. The summed E-state index contributed by atoms with van der Waals surface area (Å²) in [5.41, 5.74) is -0.277. The van der Waals surface area contributed by atoms with Gasteiger partial charge < -0.3 is 4.74 Å². The summed E-state index contributed by atoms with van der Waals surface area (Å²) in [6.45, 7) is 8.70. The van der Waals surface area contributed by atoms with E-state index in [9.17, 15) is 13.2 Å². The predicted octanol–water partition coefficient (Wildman–Crippen LogP) is 3.48. The van der Waals surface area contributed by atoms with E-state index in [1.807, 2.05) is 0 Å². The number of hydrogen-bond acceptors (Lipinski definition) is 4. The molecule has 0 aromatic heterocycles. The minimum absolute atomic E-state index is 0.0461. The molecule has 0 saturated carbocycles. The molecule has 1 aromatic carbocycles. The number of halogens is 1. The lowest BCUT2D eigenvalue weighted by molar-refractivity contribution is 0.130. The van der Waals surface area contributed by atoms with E-state index < -0.39 is 21.7 Å². The van der Waals surface area contributed by atoms with Crippen molar-refractivity contribution in [3.8, 4) is 0 Å². The van der Waals surface area contributed by atoms with Crippen LogP contribution in [0.1, 0.15) is 34.6 Å². The van der Waals surface area contributed by atoms with Crippen LogP contribution in [0.25, 0.3) is 0 Å². The van der Waals surface area contributed by atoms with Crippen molar-refractivity contribution in [3.63, 3.8) is 0 Å². The van der Waals surface area contributed by atoms with Crippen LogP contribution in [0.4, 0.5) is 10.5 Å². The van der Waals surface area contributed by atoms with Gasteiger partial charge in [-0.05, 0) is 68.7 Å². The summed E-state index contributed by atoms with van der Waals surface area (Å²) in [4.78, 5) is 11.6. The van der Waals surface area contributed by atoms with E-state index in [2.05, 4.69) is 26.0 Å². The average Bonchev–Trinajstić information content (AvgIpc) is 2.27. The van der Waals surface area contributed by atoms with Gasteiger partial charge in [0.2, 0.25) is 10.0 Å². The van der Waals surface area contributed by atoms with E-state index in [1.54, 1.807) is 46.8 Å². The van der Waals surface area contributed by atoms with Crippen LogP contribution in [0.5, 0.6) is 0 Å². The van der Waals surface area contributed by atoms with Crippen molar-refractivity contribution in [1.29, 1.82) is 0 Å². The molecule has 1 rings (SSSR count). The van der Waals surface area contributed by atoms with Gasteiger partial charge in [0, 0.05) is 15.7 Å². The minimum Gasteiger partial charge on any atom is -0.447 e. The third-order valence-corrected chi connectivity index (χ3v) is 5.00. The van der Waals surface area contributed by atoms with Gasteiger partial charge in [-0.25, -0.2) is 17.9 Å². The van der Waals surface area contributed by atoms with Gasteiger partial charge in [-0.15, -0.1) is 0 Å². The first-order valence-corrected chi connectivity index (χ1v) is 8.99. The maximum Gasteiger partial charge on any atom is 0.411 e. The van der Waals surface area contributed by atoms with Crippen molar-refractivity contribution in [1.82, 2.24) is 4.72 Å². The molecule has 2 N–H and O–H groups in total. The van der Waals surface area contributed by atoms with E-state index in [4.69, 9.17) is 4.74 Å². The van der Waals surface area contributed by atoms with E-state index in [0.29, 0.717) is 10.2 Å². The zero-order chi connectivity index (χ0) is 17.1. The molecule has 0 radical (unpaired) electrons. The average molecular weight is 393 g/mol. The normalized spacial score (nSPS) is 12.3. The van der Waals surface area contributed by atoms with Crippen LogP contribution in [-0.2, 0) is 14.8 Å². The van der Waals surface area contributed by atoms with Crippen LogP contribution in [0.3, 0.4) is 0 Å². The lowest BCUT2D eigenvalue weighted by atomic mass is 10.1. The van der Waals surface area contributed by atoms with E-state index in [1.165, 1.54) is 6.07 Å². The number of nitrogens with one attached hydrogen (secondary N) is 2. The van der Waals surface area contributed by atoms with Gasteiger partial charge in [0.15, 0.2) is 0 Å². The van der Waals surface area contributed by atoms with Crippen LogP contribution < -0.4 is 10.0 Å². The van der Waals surface area contributed by atoms with E-state index >= 15 is 0 Å². The van der Waals surface area contributed by atoms with Crippen molar-refractivity contribution in [2.45, 2.75) is 51.2 Å². The summed E-state index contributed by atoms with van der Waals surface area (Å²) >= 11 is 3.22. The molecule has 22 heavy (non-hydrogen) atoms. The highest BCUT2D eigenvalue weighted by molar-refractivity contribution is 9.10. The molecule has 0 aliphatic rings. The van der Waals surface area contributed by atoms with Crippen molar-refractivity contribution in [2.24, 2.45) is 0 Å². The number of ether oxygens (including phenoxy) is 1. The Hall–Kier alpha value is -1.12. The molecule has 0 atom stereocenters. The zero-order valence-electron chi connectivity index (χ0n) is 13.2. The fraction of sp³-hybridized carbons (Fsp3) is 0.500. The molecule has 0 aliphatic heterocycles. The van der Waals surface area contributed by atoms with Gasteiger partial charge in [0.1, 0.15) is 0 Å². The molecule has 0 heterocycles. The summed E-state index contributed by atoms with van der Waals surface area (Å²) in [7, 11) is -3.72. The molecule has 0 saturated heterocycles. The highest BCUT2D eigenvalue weighted by Gasteiger charge is 2.24. The Morgan fingerprint density at radius 2 is 1.86 bits per heavy atom. The van der Waals surface area contributed by atoms with Gasteiger partial charge in [0.25, 0.3) is 0 Å².